The SMILES string of the molecule is Cc1cc(F)ccc1C(=O)N1CCCc2ccccc2C1. The van der Waals surface area contributed by atoms with Gasteiger partial charge in [-0.15, -0.1) is 0 Å². The van der Waals surface area contributed by atoms with Crippen LogP contribution in [0.25, 0.3) is 0 Å². The van der Waals surface area contributed by atoms with Gasteiger partial charge in [0.15, 0.2) is 0 Å². The molecule has 0 saturated heterocycles. The van der Waals surface area contributed by atoms with Gasteiger partial charge >= 0.3 is 0 Å². The third-order valence-electron chi connectivity index (χ3n) is 4.06. The number of hydrogen-bond acceptors (Lipinski definition) is 1. The second kappa shape index (κ2) is 5.68. The van der Waals surface area contributed by atoms with Crippen LogP contribution in [0.15, 0.2) is 42.5 Å². The Bertz CT molecular complexity index is 681. The molecule has 3 heteroatoms. The Balaban J connectivity index is 1.88. The van der Waals surface area contributed by atoms with E-state index in [0.717, 1.165) is 19.4 Å². The minimum Gasteiger partial charge on any atom is -0.334 e. The van der Waals surface area contributed by atoms with Crippen LogP contribution in [0.3, 0.4) is 0 Å². The van der Waals surface area contributed by atoms with Crippen molar-refractivity contribution in [2.75, 3.05) is 6.54 Å². The molecule has 1 heterocycles. The maximum Gasteiger partial charge on any atom is 0.254 e. The smallest absolute Gasteiger partial charge is 0.254 e. The Kier molecular flexibility index (Phi) is 3.74. The normalized spacial score (nSPS) is 14.5. The van der Waals surface area contributed by atoms with Gasteiger partial charge in [0, 0.05) is 18.7 Å². The highest BCUT2D eigenvalue weighted by Crippen LogP contribution is 2.21. The summed E-state index contributed by atoms with van der Waals surface area (Å²) in [6.07, 6.45) is 1.96. The summed E-state index contributed by atoms with van der Waals surface area (Å²) in [5.74, 6) is -0.311. The van der Waals surface area contributed by atoms with E-state index in [9.17, 15) is 9.18 Å². The summed E-state index contributed by atoms with van der Waals surface area (Å²) < 4.78 is 13.2. The van der Waals surface area contributed by atoms with Crippen molar-refractivity contribution < 1.29 is 9.18 Å². The largest absolute Gasteiger partial charge is 0.334 e. The molecule has 0 spiro atoms. The molecule has 1 aliphatic rings. The van der Waals surface area contributed by atoms with E-state index in [1.807, 2.05) is 17.0 Å². The molecular formula is C18H18FNO. The minimum absolute atomic E-state index is 0.01000. The van der Waals surface area contributed by atoms with Crippen LogP contribution in [0, 0.1) is 12.7 Å². The molecule has 21 heavy (non-hydrogen) atoms. The highest BCUT2D eigenvalue weighted by atomic mass is 19.1. The molecule has 0 radical (unpaired) electrons. The monoisotopic (exact) mass is 283 g/mol. The molecule has 0 aromatic heterocycles. The Hall–Kier alpha value is -2.16. The Labute approximate surface area is 124 Å². The van der Waals surface area contributed by atoms with E-state index in [0.29, 0.717) is 17.7 Å². The number of benzene rings is 2. The lowest BCUT2D eigenvalue weighted by Crippen LogP contribution is -2.31. The molecule has 0 fully saturated rings. The first-order valence-corrected chi connectivity index (χ1v) is 7.27. The number of carbonyl (C=O) groups excluding carboxylic acids is 1. The standard InChI is InChI=1S/C18H18FNO/c1-13-11-16(19)8-9-17(13)18(21)20-10-4-7-14-5-2-3-6-15(14)12-20/h2-3,5-6,8-9,11H,4,7,10,12H2,1H3. The van der Waals surface area contributed by atoms with E-state index in [2.05, 4.69) is 12.1 Å². The van der Waals surface area contributed by atoms with E-state index in [1.54, 1.807) is 13.0 Å². The number of hydrogen-bond donors (Lipinski definition) is 0. The van der Waals surface area contributed by atoms with Gasteiger partial charge in [-0.05, 0) is 54.7 Å². The fourth-order valence-electron chi connectivity index (χ4n) is 2.91. The van der Waals surface area contributed by atoms with Crippen LogP contribution in [-0.2, 0) is 13.0 Å². The van der Waals surface area contributed by atoms with Gasteiger partial charge < -0.3 is 4.90 Å². The summed E-state index contributed by atoms with van der Waals surface area (Å²) in [5.41, 5.74) is 3.82. The van der Waals surface area contributed by atoms with E-state index < -0.39 is 0 Å². The van der Waals surface area contributed by atoms with Crippen LogP contribution < -0.4 is 0 Å². The van der Waals surface area contributed by atoms with Crippen LogP contribution in [0.5, 0.6) is 0 Å². The second-order valence-corrected chi connectivity index (χ2v) is 5.56. The molecule has 3 rings (SSSR count). The number of carbonyl (C=O) groups is 1. The third kappa shape index (κ3) is 2.82. The van der Waals surface area contributed by atoms with Gasteiger partial charge in [0.1, 0.15) is 5.82 Å². The van der Waals surface area contributed by atoms with Crippen molar-refractivity contribution in [2.24, 2.45) is 0 Å². The fraction of sp³-hybridized carbons (Fsp3) is 0.278. The summed E-state index contributed by atoms with van der Waals surface area (Å²) in [6.45, 7) is 3.15. The predicted molar refractivity (Wildman–Crippen MR) is 80.6 cm³/mol. The topological polar surface area (TPSA) is 20.3 Å². The van der Waals surface area contributed by atoms with Crippen molar-refractivity contribution in [3.05, 3.63) is 70.5 Å². The number of halogens is 1. The fourth-order valence-corrected chi connectivity index (χ4v) is 2.91. The highest BCUT2D eigenvalue weighted by molar-refractivity contribution is 5.95. The van der Waals surface area contributed by atoms with E-state index >= 15 is 0 Å². The van der Waals surface area contributed by atoms with Crippen LogP contribution in [0.2, 0.25) is 0 Å². The summed E-state index contributed by atoms with van der Waals surface area (Å²) in [7, 11) is 0. The molecule has 2 nitrogen and oxygen atoms in total. The van der Waals surface area contributed by atoms with Gasteiger partial charge in [0.2, 0.25) is 0 Å². The first-order valence-electron chi connectivity index (χ1n) is 7.27. The molecule has 108 valence electrons. The summed E-state index contributed by atoms with van der Waals surface area (Å²) in [6, 6.07) is 12.6. The van der Waals surface area contributed by atoms with Gasteiger partial charge in [0.05, 0.1) is 0 Å². The molecule has 1 aliphatic heterocycles. The molecule has 0 aliphatic carbocycles. The van der Waals surface area contributed by atoms with Crippen molar-refractivity contribution in [1.82, 2.24) is 4.90 Å². The summed E-state index contributed by atoms with van der Waals surface area (Å²) in [5, 5.41) is 0. The molecule has 0 bridgehead atoms. The van der Waals surface area contributed by atoms with Crippen molar-refractivity contribution in [2.45, 2.75) is 26.3 Å². The molecule has 2 aromatic rings. The predicted octanol–water partition coefficient (Wildman–Crippen LogP) is 3.72. The molecular weight excluding hydrogens is 265 g/mol. The Morgan fingerprint density at radius 3 is 2.67 bits per heavy atom. The number of fused-ring (bicyclic) bond motifs is 1. The number of aryl methyl sites for hydroxylation is 2. The first-order chi connectivity index (χ1) is 10.1. The maximum absolute atomic E-state index is 13.2. The lowest BCUT2D eigenvalue weighted by atomic mass is 10.0. The Morgan fingerprint density at radius 1 is 1.14 bits per heavy atom. The lowest BCUT2D eigenvalue weighted by molar-refractivity contribution is 0.0745. The number of rotatable bonds is 1. The second-order valence-electron chi connectivity index (χ2n) is 5.56. The molecule has 0 unspecified atom stereocenters. The maximum atomic E-state index is 13.2. The summed E-state index contributed by atoms with van der Waals surface area (Å²) >= 11 is 0. The average molecular weight is 283 g/mol. The van der Waals surface area contributed by atoms with E-state index in [-0.39, 0.29) is 11.7 Å². The zero-order valence-corrected chi connectivity index (χ0v) is 12.1. The highest BCUT2D eigenvalue weighted by Gasteiger charge is 2.21. The average Bonchev–Trinajstić information content (AvgIpc) is 2.68. The van der Waals surface area contributed by atoms with Crippen LogP contribution in [-0.4, -0.2) is 17.4 Å². The van der Waals surface area contributed by atoms with Crippen LogP contribution >= 0.6 is 0 Å². The molecule has 0 saturated carbocycles. The molecule has 1 amide bonds. The minimum atomic E-state index is -0.301. The van der Waals surface area contributed by atoms with Crippen molar-refractivity contribution in [3.8, 4) is 0 Å². The summed E-state index contributed by atoms with van der Waals surface area (Å²) in [4.78, 5) is 14.6. The first kappa shape index (κ1) is 13.8. The van der Waals surface area contributed by atoms with Gasteiger partial charge in [-0.3, -0.25) is 4.79 Å². The number of amides is 1. The van der Waals surface area contributed by atoms with E-state index in [1.165, 1.54) is 23.3 Å². The Morgan fingerprint density at radius 2 is 1.90 bits per heavy atom. The molecule has 2 aromatic carbocycles. The molecule has 0 atom stereocenters. The molecule has 0 N–H and O–H groups in total. The number of nitrogens with zero attached hydrogens (tertiary/aromatic N) is 1. The van der Waals surface area contributed by atoms with Crippen molar-refractivity contribution in [3.63, 3.8) is 0 Å². The van der Waals surface area contributed by atoms with E-state index in [4.69, 9.17) is 0 Å². The van der Waals surface area contributed by atoms with Gasteiger partial charge in [0.25, 0.3) is 5.91 Å². The van der Waals surface area contributed by atoms with Gasteiger partial charge in [-0.1, -0.05) is 24.3 Å². The van der Waals surface area contributed by atoms with Crippen molar-refractivity contribution >= 4 is 5.91 Å². The van der Waals surface area contributed by atoms with Gasteiger partial charge in [-0.2, -0.15) is 0 Å². The quantitative estimate of drug-likeness (QED) is 0.781. The lowest BCUT2D eigenvalue weighted by Gasteiger charge is -2.22. The zero-order valence-electron chi connectivity index (χ0n) is 12.1. The third-order valence-corrected chi connectivity index (χ3v) is 4.06. The van der Waals surface area contributed by atoms with Crippen LogP contribution in [0.4, 0.5) is 4.39 Å². The van der Waals surface area contributed by atoms with Crippen LogP contribution in [0.1, 0.15) is 33.5 Å². The van der Waals surface area contributed by atoms with Crippen molar-refractivity contribution in [1.29, 1.82) is 0 Å². The zero-order chi connectivity index (χ0) is 14.8. The van der Waals surface area contributed by atoms with Gasteiger partial charge in [-0.25, -0.2) is 4.39 Å².